The number of hydrogen-bond donors (Lipinski definition) is 2. The highest BCUT2D eigenvalue weighted by atomic mass is 16.5. The van der Waals surface area contributed by atoms with Gasteiger partial charge in [-0.05, 0) is 53.3 Å². The normalized spacial score (nSPS) is 13.8. The van der Waals surface area contributed by atoms with Crippen molar-refractivity contribution in [3.8, 4) is 0 Å². The maximum Gasteiger partial charge on any atom is 0.274 e. The van der Waals surface area contributed by atoms with Crippen LogP contribution < -0.4 is 5.48 Å². The van der Waals surface area contributed by atoms with Gasteiger partial charge in [-0.15, -0.1) is 0 Å². The predicted octanol–water partition coefficient (Wildman–Crippen LogP) is 4.32. The lowest BCUT2D eigenvalue weighted by molar-refractivity contribution is -0.125. The minimum absolute atomic E-state index is 0.0417. The molecule has 0 saturated carbocycles. The van der Waals surface area contributed by atoms with Crippen molar-refractivity contribution in [2.24, 2.45) is 0 Å². The smallest absolute Gasteiger partial charge is 0.274 e. The number of hydrogen-bond acceptors (Lipinski definition) is 3. The summed E-state index contributed by atoms with van der Waals surface area (Å²) in [6.45, 7) is 1.05. The first-order valence-corrected chi connectivity index (χ1v) is 10.3. The van der Waals surface area contributed by atoms with Gasteiger partial charge in [0, 0.05) is 24.2 Å². The largest absolute Gasteiger partial charge is 0.334 e. The maximum absolute atomic E-state index is 13.7. The Labute approximate surface area is 181 Å². The van der Waals surface area contributed by atoms with Crippen LogP contribution in [0.1, 0.15) is 39.0 Å². The van der Waals surface area contributed by atoms with Gasteiger partial charge in [-0.1, -0.05) is 66.7 Å². The van der Waals surface area contributed by atoms with Gasteiger partial charge in [0.15, 0.2) is 0 Å². The Morgan fingerprint density at radius 1 is 0.871 bits per heavy atom. The molecular formula is C26H24N2O3. The van der Waals surface area contributed by atoms with Gasteiger partial charge in [0.1, 0.15) is 0 Å². The first-order valence-electron chi connectivity index (χ1n) is 10.3. The molecule has 0 atom stereocenters. The summed E-state index contributed by atoms with van der Waals surface area (Å²) in [4.78, 5) is 27.4. The van der Waals surface area contributed by atoms with Gasteiger partial charge in [-0.25, -0.2) is 5.48 Å². The summed E-state index contributed by atoms with van der Waals surface area (Å²) < 4.78 is 0. The second-order valence-corrected chi connectivity index (χ2v) is 7.59. The SMILES string of the molecule is O=C(NO)c1ccc2c(c1)CN(C(=O)/C(=C/c1ccccc1)c1ccccc1)CCC2. The highest BCUT2D eigenvalue weighted by Gasteiger charge is 2.23. The van der Waals surface area contributed by atoms with Gasteiger partial charge in [0.05, 0.1) is 0 Å². The van der Waals surface area contributed by atoms with Crippen molar-refractivity contribution in [3.05, 3.63) is 107 Å². The average molecular weight is 412 g/mol. The van der Waals surface area contributed by atoms with Crippen molar-refractivity contribution in [3.63, 3.8) is 0 Å². The number of fused-ring (bicyclic) bond motifs is 1. The second-order valence-electron chi connectivity index (χ2n) is 7.59. The Morgan fingerprint density at radius 3 is 2.29 bits per heavy atom. The number of hydroxylamine groups is 1. The average Bonchev–Trinajstić information content (AvgIpc) is 3.05. The zero-order valence-electron chi connectivity index (χ0n) is 17.1. The van der Waals surface area contributed by atoms with Gasteiger partial charge < -0.3 is 4.90 Å². The number of carbonyl (C=O) groups excluding carboxylic acids is 2. The molecule has 3 aromatic carbocycles. The molecule has 31 heavy (non-hydrogen) atoms. The summed E-state index contributed by atoms with van der Waals surface area (Å²) in [6, 6.07) is 24.9. The predicted molar refractivity (Wildman–Crippen MR) is 120 cm³/mol. The van der Waals surface area contributed by atoms with Gasteiger partial charge in [-0.3, -0.25) is 14.8 Å². The number of amides is 2. The van der Waals surface area contributed by atoms with Crippen LogP contribution >= 0.6 is 0 Å². The number of benzene rings is 3. The number of nitrogens with one attached hydrogen (secondary N) is 1. The van der Waals surface area contributed by atoms with E-state index in [1.54, 1.807) is 17.6 Å². The van der Waals surface area contributed by atoms with Crippen LogP contribution in [0.15, 0.2) is 78.9 Å². The third-order valence-electron chi connectivity index (χ3n) is 5.52. The second kappa shape index (κ2) is 9.41. The van der Waals surface area contributed by atoms with Crippen LogP contribution in [0.25, 0.3) is 11.6 Å². The molecule has 0 bridgehead atoms. The molecule has 1 heterocycles. The van der Waals surface area contributed by atoms with E-state index >= 15 is 0 Å². The molecular weight excluding hydrogens is 388 g/mol. The molecule has 0 aromatic heterocycles. The minimum atomic E-state index is -0.557. The summed E-state index contributed by atoms with van der Waals surface area (Å²) in [5.74, 6) is -0.598. The Hall–Kier alpha value is -3.70. The van der Waals surface area contributed by atoms with Gasteiger partial charge >= 0.3 is 0 Å². The van der Waals surface area contributed by atoms with E-state index < -0.39 is 5.91 Å². The molecule has 1 aliphatic rings. The van der Waals surface area contributed by atoms with Crippen molar-refractivity contribution in [1.82, 2.24) is 10.4 Å². The topological polar surface area (TPSA) is 69.6 Å². The highest BCUT2D eigenvalue weighted by Crippen LogP contribution is 2.26. The Kier molecular flexibility index (Phi) is 6.24. The molecule has 5 heteroatoms. The fraction of sp³-hybridized carbons (Fsp3) is 0.154. The summed E-state index contributed by atoms with van der Waals surface area (Å²) >= 11 is 0. The lowest BCUT2D eigenvalue weighted by atomic mass is 10.00. The number of aryl methyl sites for hydroxylation is 1. The maximum atomic E-state index is 13.7. The van der Waals surface area contributed by atoms with Crippen molar-refractivity contribution in [2.75, 3.05) is 6.54 Å². The van der Waals surface area contributed by atoms with Gasteiger partial charge in [-0.2, -0.15) is 0 Å². The van der Waals surface area contributed by atoms with Crippen LogP contribution in [-0.4, -0.2) is 28.5 Å². The summed E-state index contributed by atoms with van der Waals surface area (Å²) in [5, 5.41) is 8.96. The molecule has 0 radical (unpaired) electrons. The van der Waals surface area contributed by atoms with Crippen LogP contribution in [-0.2, 0) is 17.8 Å². The van der Waals surface area contributed by atoms with E-state index in [4.69, 9.17) is 5.21 Å². The highest BCUT2D eigenvalue weighted by molar-refractivity contribution is 6.24. The standard InChI is InChI=1S/C26H24N2O3/c29-25(27-31)22-14-13-20-12-7-15-28(18-23(20)17-22)26(30)24(21-10-5-2-6-11-21)16-19-8-3-1-4-9-19/h1-6,8-11,13-14,16-17,31H,7,12,15,18H2,(H,27,29)/b24-16+. The summed E-state index contributed by atoms with van der Waals surface area (Å²) in [6.07, 6.45) is 3.61. The molecule has 156 valence electrons. The van der Waals surface area contributed by atoms with Crippen molar-refractivity contribution in [1.29, 1.82) is 0 Å². The Balaban J connectivity index is 1.69. The van der Waals surface area contributed by atoms with Crippen LogP contribution in [0.5, 0.6) is 0 Å². The molecule has 5 nitrogen and oxygen atoms in total. The third kappa shape index (κ3) is 4.73. The molecule has 4 rings (SSSR count). The number of rotatable bonds is 4. The molecule has 3 aromatic rings. The zero-order valence-corrected chi connectivity index (χ0v) is 17.1. The Bertz CT molecular complexity index is 1110. The summed E-state index contributed by atoms with van der Waals surface area (Å²) in [5.41, 5.74) is 6.58. The first kappa shape index (κ1) is 20.6. The van der Waals surface area contributed by atoms with E-state index in [0.717, 1.165) is 35.1 Å². The van der Waals surface area contributed by atoms with Crippen LogP contribution in [0.2, 0.25) is 0 Å². The number of nitrogens with zero attached hydrogens (tertiary/aromatic N) is 1. The quantitative estimate of drug-likeness (QED) is 0.290. The monoisotopic (exact) mass is 412 g/mol. The van der Waals surface area contributed by atoms with E-state index in [0.29, 0.717) is 24.2 Å². The zero-order chi connectivity index (χ0) is 21.6. The van der Waals surface area contributed by atoms with E-state index in [1.165, 1.54) is 0 Å². The van der Waals surface area contributed by atoms with Crippen molar-refractivity contribution >= 4 is 23.5 Å². The third-order valence-corrected chi connectivity index (χ3v) is 5.52. The molecule has 0 spiro atoms. The lowest BCUT2D eigenvalue weighted by Gasteiger charge is -2.23. The van der Waals surface area contributed by atoms with E-state index in [-0.39, 0.29) is 5.91 Å². The van der Waals surface area contributed by atoms with Crippen molar-refractivity contribution < 1.29 is 14.8 Å². The van der Waals surface area contributed by atoms with Crippen LogP contribution in [0.3, 0.4) is 0 Å². The molecule has 0 aliphatic carbocycles. The molecule has 0 fully saturated rings. The fourth-order valence-corrected chi connectivity index (χ4v) is 3.91. The molecule has 2 N–H and O–H groups in total. The minimum Gasteiger partial charge on any atom is -0.334 e. The Morgan fingerprint density at radius 2 is 1.58 bits per heavy atom. The first-order chi connectivity index (χ1) is 15.2. The molecule has 2 amide bonds. The van der Waals surface area contributed by atoms with Gasteiger partial charge in [0.2, 0.25) is 0 Å². The number of carbonyl (C=O) groups is 2. The van der Waals surface area contributed by atoms with E-state index in [9.17, 15) is 9.59 Å². The van der Waals surface area contributed by atoms with Crippen LogP contribution in [0, 0.1) is 0 Å². The molecule has 0 unspecified atom stereocenters. The summed E-state index contributed by atoms with van der Waals surface area (Å²) in [7, 11) is 0. The fourth-order valence-electron chi connectivity index (χ4n) is 3.91. The van der Waals surface area contributed by atoms with Gasteiger partial charge in [0.25, 0.3) is 11.8 Å². The van der Waals surface area contributed by atoms with Crippen molar-refractivity contribution in [2.45, 2.75) is 19.4 Å². The van der Waals surface area contributed by atoms with E-state index in [1.807, 2.05) is 77.7 Å². The van der Waals surface area contributed by atoms with E-state index in [2.05, 4.69) is 0 Å². The van der Waals surface area contributed by atoms with Crippen LogP contribution in [0.4, 0.5) is 0 Å². The molecule has 0 saturated heterocycles. The lowest BCUT2D eigenvalue weighted by Crippen LogP contribution is -2.31. The molecule has 1 aliphatic heterocycles.